The van der Waals surface area contributed by atoms with Gasteiger partial charge in [0.15, 0.2) is 0 Å². The predicted molar refractivity (Wildman–Crippen MR) is 175 cm³/mol. The highest BCUT2D eigenvalue weighted by molar-refractivity contribution is 7.90. The molecule has 49 heavy (non-hydrogen) atoms. The zero-order chi connectivity index (χ0) is 37.4. The molecule has 1 aromatic rings. The first-order chi connectivity index (χ1) is 22.7. The first kappa shape index (κ1) is 41.9. The second kappa shape index (κ2) is 17.6. The van der Waals surface area contributed by atoms with Gasteiger partial charge in [-0.3, -0.25) is 19.2 Å². The number of likely N-dealkylation sites (tertiary alicyclic amines) is 1. The summed E-state index contributed by atoms with van der Waals surface area (Å²) in [6.45, 7) is 9.49. The molecule has 17 heteroatoms. The van der Waals surface area contributed by atoms with E-state index in [2.05, 4.69) is 0 Å². The summed E-state index contributed by atoms with van der Waals surface area (Å²) in [4.78, 5) is 54.2. The van der Waals surface area contributed by atoms with E-state index >= 15 is 0 Å². The van der Waals surface area contributed by atoms with Crippen LogP contribution in [0, 0.1) is 17.8 Å². The SMILES string of the molecule is CC[C@H](C)C([C@@H](CC(=O)N1CCCC1[C@H](OC)[C@@H](C)C(=O)NS(=O)(=O)c1ccc(NC(=O)C(F)(F)F)cc1)OC)N(C)C(=O)[C@@H](N)C(C)C. The summed E-state index contributed by atoms with van der Waals surface area (Å²) in [6, 6.07) is 2.04. The van der Waals surface area contributed by atoms with E-state index < -0.39 is 69.2 Å². The first-order valence-electron chi connectivity index (χ1n) is 16.1. The van der Waals surface area contributed by atoms with Crippen LogP contribution in [0.15, 0.2) is 29.2 Å². The molecule has 1 fully saturated rings. The standard InChI is InChI=1S/C32H50F3N5O8S/c1-9-19(4)27(39(6)30(43)26(36)18(2)3)24(47-7)17-25(41)40-16-10-11-23(40)28(48-8)20(5)29(42)38-49(45,46)22-14-12-21(13-15-22)37-31(44)32(33,34)35/h12-15,18-20,23-24,26-28H,9-11,16-17,36H2,1-8H3,(H,37,44)(H,38,42)/t19-,20+,23?,24+,26-,27?,28+/m0/s1. The molecule has 1 heterocycles. The van der Waals surface area contributed by atoms with Gasteiger partial charge in [0.2, 0.25) is 17.7 Å². The second-order valence-corrected chi connectivity index (χ2v) is 14.5. The van der Waals surface area contributed by atoms with Gasteiger partial charge in [-0.15, -0.1) is 0 Å². The molecule has 0 saturated carbocycles. The number of amides is 4. The van der Waals surface area contributed by atoms with E-state index in [-0.39, 0.29) is 35.8 Å². The lowest BCUT2D eigenvalue weighted by Gasteiger charge is -2.40. The molecule has 0 aromatic heterocycles. The molecule has 4 amide bonds. The van der Waals surface area contributed by atoms with E-state index in [0.29, 0.717) is 25.8 Å². The van der Waals surface area contributed by atoms with E-state index in [9.17, 15) is 40.8 Å². The van der Waals surface area contributed by atoms with Crippen LogP contribution in [-0.2, 0) is 38.7 Å². The zero-order valence-electron chi connectivity index (χ0n) is 29.2. The van der Waals surface area contributed by atoms with Gasteiger partial charge in [0.25, 0.3) is 10.0 Å². The fourth-order valence-corrected chi connectivity index (χ4v) is 7.09. The number of nitrogens with one attached hydrogen (secondary N) is 2. The van der Waals surface area contributed by atoms with E-state index in [1.165, 1.54) is 21.1 Å². The average molecular weight is 722 g/mol. The minimum Gasteiger partial charge on any atom is -0.379 e. The summed E-state index contributed by atoms with van der Waals surface area (Å²) in [5.74, 6) is -4.87. The Morgan fingerprint density at radius 3 is 2.14 bits per heavy atom. The molecule has 4 N–H and O–H groups in total. The highest BCUT2D eigenvalue weighted by atomic mass is 32.2. The van der Waals surface area contributed by atoms with Crippen LogP contribution in [0.2, 0.25) is 0 Å². The number of anilines is 1. The number of hydrogen-bond donors (Lipinski definition) is 3. The van der Waals surface area contributed by atoms with Gasteiger partial charge in [0.05, 0.1) is 47.6 Å². The van der Waals surface area contributed by atoms with Crippen LogP contribution in [0.25, 0.3) is 0 Å². The number of rotatable bonds is 16. The Labute approximate surface area is 286 Å². The highest BCUT2D eigenvalue weighted by Gasteiger charge is 2.43. The van der Waals surface area contributed by atoms with E-state index in [0.717, 1.165) is 24.3 Å². The van der Waals surface area contributed by atoms with E-state index in [1.807, 2.05) is 32.4 Å². The molecular formula is C32H50F3N5O8S. The molecule has 0 radical (unpaired) electrons. The number of carbonyl (C=O) groups excluding carboxylic acids is 4. The Morgan fingerprint density at radius 1 is 1.06 bits per heavy atom. The summed E-state index contributed by atoms with van der Waals surface area (Å²) in [7, 11) is 0.0238. The van der Waals surface area contributed by atoms with E-state index in [4.69, 9.17) is 15.2 Å². The molecule has 1 saturated heterocycles. The number of benzene rings is 1. The summed E-state index contributed by atoms with van der Waals surface area (Å²) in [5, 5.41) is 1.61. The quantitative estimate of drug-likeness (QED) is 0.232. The van der Waals surface area contributed by atoms with Gasteiger partial charge in [-0.05, 0) is 48.9 Å². The molecule has 1 aromatic carbocycles. The van der Waals surface area contributed by atoms with Crippen molar-refractivity contribution in [2.45, 2.75) is 102 Å². The van der Waals surface area contributed by atoms with Crippen molar-refractivity contribution in [3.63, 3.8) is 0 Å². The number of hydrogen-bond acceptors (Lipinski definition) is 9. The monoisotopic (exact) mass is 721 g/mol. The lowest BCUT2D eigenvalue weighted by molar-refractivity contribution is -0.167. The number of nitrogens with zero attached hydrogens (tertiary/aromatic N) is 2. The summed E-state index contributed by atoms with van der Waals surface area (Å²) >= 11 is 0. The number of alkyl halides is 3. The van der Waals surface area contributed by atoms with Crippen LogP contribution in [0.1, 0.15) is 60.3 Å². The molecule has 2 rings (SSSR count). The third kappa shape index (κ3) is 10.6. The lowest BCUT2D eigenvalue weighted by atomic mass is 9.89. The minimum absolute atomic E-state index is 0.0346. The number of methoxy groups -OCH3 is 2. The number of likely N-dealkylation sites (N-methyl/N-ethyl adjacent to an activating group) is 1. The van der Waals surface area contributed by atoms with Crippen LogP contribution >= 0.6 is 0 Å². The number of ether oxygens (including phenoxy) is 2. The Kier molecular flexibility index (Phi) is 15.0. The lowest BCUT2D eigenvalue weighted by Crippen LogP contribution is -2.56. The number of halogens is 3. The van der Waals surface area contributed by atoms with Crippen LogP contribution in [-0.4, -0.2) is 106 Å². The summed E-state index contributed by atoms with van der Waals surface area (Å²) in [6.07, 6.45) is -4.98. The predicted octanol–water partition coefficient (Wildman–Crippen LogP) is 2.90. The van der Waals surface area contributed by atoms with Crippen molar-refractivity contribution in [1.82, 2.24) is 14.5 Å². The van der Waals surface area contributed by atoms with Gasteiger partial charge >= 0.3 is 12.1 Å². The first-order valence-corrected chi connectivity index (χ1v) is 17.6. The topological polar surface area (TPSA) is 177 Å². The Bertz CT molecular complexity index is 1410. The Balaban J connectivity index is 2.21. The van der Waals surface area contributed by atoms with Gasteiger partial charge in [-0.25, -0.2) is 13.1 Å². The van der Waals surface area contributed by atoms with Gasteiger partial charge in [0, 0.05) is 33.5 Å². The third-order valence-corrected chi connectivity index (χ3v) is 10.5. The van der Waals surface area contributed by atoms with Gasteiger partial charge < -0.3 is 30.3 Å². The molecule has 0 aliphatic carbocycles. The van der Waals surface area contributed by atoms with Gasteiger partial charge in [-0.2, -0.15) is 13.2 Å². The number of nitrogens with two attached hydrogens (primary N) is 1. The summed E-state index contributed by atoms with van der Waals surface area (Å²) < 4.78 is 77.0. The number of sulfonamides is 1. The average Bonchev–Trinajstić information content (AvgIpc) is 3.52. The molecule has 7 atom stereocenters. The molecule has 0 bridgehead atoms. The van der Waals surface area contributed by atoms with Crippen molar-refractivity contribution in [2.75, 3.05) is 33.1 Å². The van der Waals surface area contributed by atoms with Crippen molar-refractivity contribution < 1.29 is 50.2 Å². The molecule has 0 spiro atoms. The molecule has 278 valence electrons. The molecule has 2 unspecified atom stereocenters. The third-order valence-electron chi connectivity index (χ3n) is 9.18. The van der Waals surface area contributed by atoms with Crippen molar-refractivity contribution in [3.05, 3.63) is 24.3 Å². The van der Waals surface area contributed by atoms with Gasteiger partial charge in [-0.1, -0.05) is 41.0 Å². The van der Waals surface area contributed by atoms with Crippen molar-refractivity contribution in [3.8, 4) is 0 Å². The van der Waals surface area contributed by atoms with Crippen LogP contribution in [0.3, 0.4) is 0 Å². The van der Waals surface area contributed by atoms with E-state index in [1.54, 1.807) is 22.2 Å². The fraction of sp³-hybridized carbons (Fsp3) is 0.688. The smallest absolute Gasteiger partial charge is 0.379 e. The molecular weight excluding hydrogens is 671 g/mol. The highest BCUT2D eigenvalue weighted by Crippen LogP contribution is 2.30. The maximum atomic E-state index is 13.8. The largest absolute Gasteiger partial charge is 0.471 e. The Morgan fingerprint density at radius 2 is 1.65 bits per heavy atom. The maximum absolute atomic E-state index is 13.8. The zero-order valence-corrected chi connectivity index (χ0v) is 30.1. The molecule has 1 aliphatic heterocycles. The normalized spacial score (nSPS) is 19.0. The minimum atomic E-state index is -5.13. The van der Waals surface area contributed by atoms with Crippen LogP contribution in [0.5, 0.6) is 0 Å². The molecule has 13 nitrogen and oxygen atoms in total. The van der Waals surface area contributed by atoms with Gasteiger partial charge in [0.1, 0.15) is 0 Å². The maximum Gasteiger partial charge on any atom is 0.471 e. The molecule has 1 aliphatic rings. The van der Waals surface area contributed by atoms with Crippen molar-refractivity contribution in [1.29, 1.82) is 0 Å². The van der Waals surface area contributed by atoms with Crippen LogP contribution in [0.4, 0.5) is 18.9 Å². The fourth-order valence-electron chi connectivity index (χ4n) is 6.03. The Hall–Kier alpha value is -3.28. The number of carbonyl (C=O) groups is 4. The summed E-state index contributed by atoms with van der Waals surface area (Å²) in [5.41, 5.74) is 5.87. The van der Waals surface area contributed by atoms with Crippen molar-refractivity contribution >= 4 is 39.3 Å². The second-order valence-electron chi connectivity index (χ2n) is 12.8. The van der Waals surface area contributed by atoms with Crippen LogP contribution < -0.4 is 15.8 Å². The van der Waals surface area contributed by atoms with Crippen molar-refractivity contribution in [2.24, 2.45) is 23.5 Å².